The third-order valence-electron chi connectivity index (χ3n) is 3.47. The first-order valence-corrected chi connectivity index (χ1v) is 9.12. The summed E-state index contributed by atoms with van der Waals surface area (Å²) in [4.78, 5) is 1.26. The Kier molecular flexibility index (Phi) is 7.82. The van der Waals surface area contributed by atoms with Gasteiger partial charge < -0.3 is 14.8 Å². The molecule has 1 aromatic rings. The summed E-state index contributed by atoms with van der Waals surface area (Å²) in [5.41, 5.74) is 0. The van der Waals surface area contributed by atoms with Gasteiger partial charge in [-0.3, -0.25) is 0 Å². The molecule has 1 N–H and O–H groups in total. The maximum atomic E-state index is 5.72. The average molecular weight is 309 g/mol. The van der Waals surface area contributed by atoms with E-state index in [1.54, 1.807) is 0 Å². The molecule has 0 atom stereocenters. The summed E-state index contributed by atoms with van der Waals surface area (Å²) >= 11 is 1.87. The molecule has 0 spiro atoms. The standard InChI is InChI=1S/C17H27NO2S/c1-2-3-4-5-9-18-10-13-21-15-7-8-16-17(14-15)20-12-6-11-19-16/h7-8,14,18H,2-6,9-13H2,1H3. The lowest BCUT2D eigenvalue weighted by atomic mass is 10.2. The Morgan fingerprint density at radius 3 is 2.76 bits per heavy atom. The summed E-state index contributed by atoms with van der Waals surface area (Å²) < 4.78 is 11.4. The van der Waals surface area contributed by atoms with E-state index in [1.807, 2.05) is 17.8 Å². The number of thioether (sulfide) groups is 1. The van der Waals surface area contributed by atoms with E-state index in [2.05, 4.69) is 24.4 Å². The maximum Gasteiger partial charge on any atom is 0.162 e. The van der Waals surface area contributed by atoms with Gasteiger partial charge in [0.15, 0.2) is 11.5 Å². The molecule has 21 heavy (non-hydrogen) atoms. The van der Waals surface area contributed by atoms with Crippen LogP contribution in [0.2, 0.25) is 0 Å². The van der Waals surface area contributed by atoms with Crippen LogP contribution in [-0.4, -0.2) is 32.1 Å². The van der Waals surface area contributed by atoms with Crippen molar-refractivity contribution in [3.8, 4) is 11.5 Å². The largest absolute Gasteiger partial charge is 0.490 e. The second-order valence-corrected chi connectivity index (χ2v) is 6.49. The van der Waals surface area contributed by atoms with Gasteiger partial charge in [0.2, 0.25) is 0 Å². The molecule has 0 bridgehead atoms. The summed E-state index contributed by atoms with van der Waals surface area (Å²) in [6, 6.07) is 6.26. The van der Waals surface area contributed by atoms with E-state index >= 15 is 0 Å². The Balaban J connectivity index is 1.63. The van der Waals surface area contributed by atoms with Crippen molar-refractivity contribution in [1.29, 1.82) is 0 Å². The molecule has 0 unspecified atom stereocenters. The van der Waals surface area contributed by atoms with E-state index in [-0.39, 0.29) is 0 Å². The highest BCUT2D eigenvalue weighted by atomic mass is 32.2. The van der Waals surface area contributed by atoms with E-state index in [0.29, 0.717) is 0 Å². The molecule has 0 saturated carbocycles. The van der Waals surface area contributed by atoms with E-state index in [9.17, 15) is 0 Å². The predicted octanol–water partition coefficient (Wildman–Crippen LogP) is 4.11. The molecule has 4 heteroatoms. The molecule has 1 aliphatic heterocycles. The van der Waals surface area contributed by atoms with Gasteiger partial charge in [-0.1, -0.05) is 26.2 Å². The van der Waals surface area contributed by atoms with E-state index in [1.165, 1.54) is 30.6 Å². The first kappa shape index (κ1) is 16.5. The van der Waals surface area contributed by atoms with Crippen LogP contribution in [-0.2, 0) is 0 Å². The third-order valence-corrected chi connectivity index (χ3v) is 4.47. The highest BCUT2D eigenvalue weighted by molar-refractivity contribution is 7.99. The number of hydrogen-bond acceptors (Lipinski definition) is 4. The summed E-state index contributed by atoms with van der Waals surface area (Å²) in [6.07, 6.45) is 6.26. The van der Waals surface area contributed by atoms with Crippen molar-refractivity contribution in [3.63, 3.8) is 0 Å². The lowest BCUT2D eigenvalue weighted by Gasteiger charge is -2.09. The Morgan fingerprint density at radius 1 is 1.05 bits per heavy atom. The van der Waals surface area contributed by atoms with Crippen molar-refractivity contribution in [2.75, 3.05) is 32.1 Å². The van der Waals surface area contributed by atoms with Crippen LogP contribution < -0.4 is 14.8 Å². The Hall–Kier alpha value is -0.870. The molecular formula is C17H27NO2S. The zero-order valence-electron chi connectivity index (χ0n) is 13.0. The second kappa shape index (κ2) is 9.96. The SMILES string of the molecule is CCCCCCNCCSc1ccc2c(c1)OCCCO2. The third kappa shape index (κ3) is 6.18. The fourth-order valence-corrected chi connectivity index (χ4v) is 3.11. The number of rotatable bonds is 9. The van der Waals surface area contributed by atoms with Crippen LogP contribution in [0.4, 0.5) is 0 Å². The summed E-state index contributed by atoms with van der Waals surface area (Å²) in [5, 5.41) is 3.51. The minimum Gasteiger partial charge on any atom is -0.490 e. The highest BCUT2D eigenvalue weighted by Gasteiger charge is 2.10. The highest BCUT2D eigenvalue weighted by Crippen LogP contribution is 2.33. The van der Waals surface area contributed by atoms with Crippen molar-refractivity contribution in [2.45, 2.75) is 43.9 Å². The first-order chi connectivity index (χ1) is 10.4. The van der Waals surface area contributed by atoms with Gasteiger partial charge in [-0.05, 0) is 31.2 Å². The fraction of sp³-hybridized carbons (Fsp3) is 0.647. The van der Waals surface area contributed by atoms with Crippen LogP contribution in [0.3, 0.4) is 0 Å². The number of hydrogen-bond donors (Lipinski definition) is 1. The molecule has 0 saturated heterocycles. The van der Waals surface area contributed by atoms with Crippen LogP contribution in [0.15, 0.2) is 23.1 Å². The molecule has 1 heterocycles. The minimum atomic E-state index is 0.750. The molecular weight excluding hydrogens is 282 g/mol. The van der Waals surface area contributed by atoms with Gasteiger partial charge in [0, 0.05) is 23.6 Å². The van der Waals surface area contributed by atoms with Crippen molar-refractivity contribution >= 4 is 11.8 Å². The van der Waals surface area contributed by atoms with E-state index in [0.717, 1.165) is 50.0 Å². The molecule has 1 aromatic carbocycles. The molecule has 0 aliphatic carbocycles. The van der Waals surface area contributed by atoms with Crippen LogP contribution in [0.25, 0.3) is 0 Å². The van der Waals surface area contributed by atoms with Gasteiger partial charge in [0.1, 0.15) is 0 Å². The van der Waals surface area contributed by atoms with Crippen molar-refractivity contribution in [1.82, 2.24) is 5.32 Å². The van der Waals surface area contributed by atoms with Crippen LogP contribution >= 0.6 is 11.8 Å². The number of nitrogens with one attached hydrogen (secondary N) is 1. The Morgan fingerprint density at radius 2 is 1.90 bits per heavy atom. The molecule has 1 aliphatic rings. The summed E-state index contributed by atoms with van der Waals surface area (Å²) in [7, 11) is 0. The number of benzene rings is 1. The Bertz CT molecular complexity index is 412. The molecule has 0 fully saturated rings. The topological polar surface area (TPSA) is 30.5 Å². The second-order valence-electron chi connectivity index (χ2n) is 5.32. The number of ether oxygens (including phenoxy) is 2. The van der Waals surface area contributed by atoms with Crippen molar-refractivity contribution in [3.05, 3.63) is 18.2 Å². The van der Waals surface area contributed by atoms with Crippen LogP contribution in [0.1, 0.15) is 39.0 Å². The normalized spacial score (nSPS) is 14.0. The van der Waals surface area contributed by atoms with Gasteiger partial charge in [-0.15, -0.1) is 11.8 Å². The van der Waals surface area contributed by atoms with E-state index < -0.39 is 0 Å². The van der Waals surface area contributed by atoms with Gasteiger partial charge in [0.25, 0.3) is 0 Å². The minimum absolute atomic E-state index is 0.750. The zero-order valence-corrected chi connectivity index (χ0v) is 13.8. The lowest BCUT2D eigenvalue weighted by Crippen LogP contribution is -2.18. The van der Waals surface area contributed by atoms with Gasteiger partial charge in [0.05, 0.1) is 13.2 Å². The van der Waals surface area contributed by atoms with Gasteiger partial charge in [-0.25, -0.2) is 0 Å². The van der Waals surface area contributed by atoms with Crippen molar-refractivity contribution < 1.29 is 9.47 Å². The monoisotopic (exact) mass is 309 g/mol. The molecule has 118 valence electrons. The molecule has 2 rings (SSSR count). The zero-order chi connectivity index (χ0) is 14.8. The van der Waals surface area contributed by atoms with E-state index in [4.69, 9.17) is 9.47 Å². The quantitative estimate of drug-likeness (QED) is 0.549. The molecule has 0 radical (unpaired) electrons. The predicted molar refractivity (Wildman–Crippen MR) is 89.8 cm³/mol. The summed E-state index contributed by atoms with van der Waals surface area (Å²) in [6.45, 7) is 5.95. The smallest absolute Gasteiger partial charge is 0.162 e. The van der Waals surface area contributed by atoms with Crippen molar-refractivity contribution in [2.24, 2.45) is 0 Å². The average Bonchev–Trinajstić information content (AvgIpc) is 2.74. The number of unbranched alkanes of at least 4 members (excludes halogenated alkanes) is 3. The molecule has 0 amide bonds. The lowest BCUT2D eigenvalue weighted by molar-refractivity contribution is 0.297. The molecule has 0 aromatic heterocycles. The van der Waals surface area contributed by atoms with Gasteiger partial charge >= 0.3 is 0 Å². The van der Waals surface area contributed by atoms with Crippen LogP contribution in [0.5, 0.6) is 11.5 Å². The fourth-order valence-electron chi connectivity index (χ4n) is 2.28. The number of fused-ring (bicyclic) bond motifs is 1. The Labute approximate surface area is 132 Å². The van der Waals surface area contributed by atoms with Crippen LogP contribution in [0, 0.1) is 0 Å². The first-order valence-electron chi connectivity index (χ1n) is 8.13. The van der Waals surface area contributed by atoms with Gasteiger partial charge in [-0.2, -0.15) is 0 Å². The maximum absolute atomic E-state index is 5.72. The summed E-state index contributed by atoms with van der Waals surface area (Å²) in [5.74, 6) is 2.86. The molecule has 3 nitrogen and oxygen atoms in total.